The molecule has 0 atom stereocenters. The molecule has 0 aliphatic heterocycles. The van der Waals surface area contributed by atoms with Gasteiger partial charge in [-0.2, -0.15) is 5.26 Å². The van der Waals surface area contributed by atoms with Crippen LogP contribution >= 0.6 is 12.2 Å². The highest BCUT2D eigenvalue weighted by molar-refractivity contribution is 7.80. The van der Waals surface area contributed by atoms with Crippen molar-refractivity contribution in [3.63, 3.8) is 0 Å². The van der Waals surface area contributed by atoms with Crippen LogP contribution < -0.4 is 22.9 Å². The van der Waals surface area contributed by atoms with Gasteiger partial charge in [-0.25, -0.2) is 0 Å². The molecule has 0 heterocycles. The van der Waals surface area contributed by atoms with Crippen LogP contribution in [-0.4, -0.2) is 11.1 Å². The molecule has 8 N–H and O–H groups in total. The van der Waals surface area contributed by atoms with Crippen LogP contribution in [0.4, 0.5) is 0 Å². The van der Waals surface area contributed by atoms with E-state index in [-0.39, 0.29) is 11.1 Å². The third kappa shape index (κ3) is 91.1. The lowest BCUT2D eigenvalue weighted by atomic mass is 11.1. The van der Waals surface area contributed by atoms with E-state index in [9.17, 15) is 0 Å². The molecule has 56 valence electrons. The summed E-state index contributed by atoms with van der Waals surface area (Å²) in [6.07, 6.45) is 1.41. The molecule has 6 nitrogen and oxygen atoms in total. The Bertz CT molecular complexity index is 158. The van der Waals surface area contributed by atoms with Crippen LogP contribution in [0.5, 0.6) is 0 Å². The molecule has 0 aromatic rings. The van der Waals surface area contributed by atoms with Crippen LogP contribution in [0.2, 0.25) is 0 Å². The highest BCUT2D eigenvalue weighted by Crippen LogP contribution is 1.49. The van der Waals surface area contributed by atoms with Gasteiger partial charge in [0.25, 0.3) is 0 Å². The van der Waals surface area contributed by atoms with E-state index >= 15 is 0 Å². The number of rotatable bonds is 0. The zero-order chi connectivity index (χ0) is 8.57. The summed E-state index contributed by atoms with van der Waals surface area (Å²) in [4.78, 5) is 2.90. The fraction of sp³-hybridized carbons (Fsp3) is 0. The van der Waals surface area contributed by atoms with Crippen molar-refractivity contribution in [1.29, 1.82) is 5.26 Å². The lowest BCUT2D eigenvalue weighted by molar-refractivity contribution is 1.39. The van der Waals surface area contributed by atoms with Gasteiger partial charge in [-0.15, -0.1) is 4.99 Å². The largest absolute Gasteiger partial charge is 0.377 e. The van der Waals surface area contributed by atoms with E-state index in [4.69, 9.17) is 16.7 Å². The summed E-state index contributed by atoms with van der Waals surface area (Å²) >= 11 is 4.09. The van der Waals surface area contributed by atoms with E-state index < -0.39 is 0 Å². The predicted molar refractivity (Wildman–Crippen MR) is 42.4 cm³/mol. The SMILES string of the molecule is N#CN=C(N)N.NC(N)=S. The first-order chi connectivity index (χ1) is 4.50. The van der Waals surface area contributed by atoms with Crippen LogP contribution in [0.3, 0.4) is 0 Å². The molecule has 0 rings (SSSR count). The van der Waals surface area contributed by atoms with Crippen molar-refractivity contribution in [2.45, 2.75) is 0 Å². The summed E-state index contributed by atoms with van der Waals surface area (Å²) in [5, 5.41) is 7.64. The van der Waals surface area contributed by atoms with Crippen molar-refractivity contribution in [3.8, 4) is 6.19 Å². The van der Waals surface area contributed by atoms with E-state index in [2.05, 4.69) is 28.7 Å². The van der Waals surface area contributed by atoms with Crippen molar-refractivity contribution in [3.05, 3.63) is 0 Å². The van der Waals surface area contributed by atoms with Gasteiger partial charge < -0.3 is 22.9 Å². The van der Waals surface area contributed by atoms with E-state index in [1.165, 1.54) is 6.19 Å². The Morgan fingerprint density at radius 3 is 1.60 bits per heavy atom. The second kappa shape index (κ2) is 7.45. The predicted octanol–water partition coefficient (Wildman–Crippen LogP) is -2.07. The second-order valence-electron chi connectivity index (χ2n) is 1.04. The molecule has 0 saturated heterocycles. The van der Waals surface area contributed by atoms with Gasteiger partial charge in [0.15, 0.2) is 5.11 Å². The third-order valence-corrected chi connectivity index (χ3v) is 0.179. The molecule has 0 amide bonds. The van der Waals surface area contributed by atoms with Crippen LogP contribution in [-0.2, 0) is 0 Å². The zero-order valence-corrected chi connectivity index (χ0v) is 5.93. The van der Waals surface area contributed by atoms with Gasteiger partial charge in [0.2, 0.25) is 12.2 Å². The molecule has 10 heavy (non-hydrogen) atoms. The molecule has 0 aliphatic carbocycles. The average molecular weight is 160 g/mol. The van der Waals surface area contributed by atoms with Gasteiger partial charge >= 0.3 is 0 Å². The van der Waals surface area contributed by atoms with E-state index in [1.54, 1.807) is 0 Å². The quantitative estimate of drug-likeness (QED) is 0.139. The maximum Gasteiger partial charge on any atom is 0.209 e. The molecule has 0 saturated carbocycles. The Labute approximate surface area is 63.5 Å². The highest BCUT2D eigenvalue weighted by Gasteiger charge is 1.67. The van der Waals surface area contributed by atoms with Crippen molar-refractivity contribution in [1.82, 2.24) is 0 Å². The number of hydrogen-bond donors (Lipinski definition) is 4. The lowest BCUT2D eigenvalue weighted by Crippen LogP contribution is -2.21. The van der Waals surface area contributed by atoms with Crippen molar-refractivity contribution in [2.75, 3.05) is 0 Å². The molecule has 0 radical (unpaired) electrons. The molecule has 0 aromatic heterocycles. The van der Waals surface area contributed by atoms with Gasteiger partial charge in [-0.1, -0.05) is 0 Å². The van der Waals surface area contributed by atoms with E-state index in [1.807, 2.05) is 0 Å². The highest BCUT2D eigenvalue weighted by atomic mass is 32.1. The molecule has 0 aromatic carbocycles. The number of thiocarbonyl (C=S) groups is 1. The normalized spacial score (nSPS) is 5.90. The molecule has 0 aliphatic rings. The summed E-state index contributed by atoms with van der Waals surface area (Å²) in [5.41, 5.74) is 18.7. The van der Waals surface area contributed by atoms with Gasteiger partial charge in [0, 0.05) is 0 Å². The summed E-state index contributed by atoms with van der Waals surface area (Å²) in [5.74, 6) is -0.197. The minimum absolute atomic E-state index is 0.000000000000000222. The maximum absolute atomic E-state index is 7.64. The maximum atomic E-state index is 7.64. The third-order valence-electron chi connectivity index (χ3n) is 0.179. The Balaban J connectivity index is 0. The molecule has 0 unspecified atom stereocenters. The first-order valence-corrected chi connectivity index (χ1v) is 2.44. The molecule has 0 fully saturated rings. The standard InChI is InChI=1S/C2H4N4.CH4N2S/c3-1-6-2(4)5;2-1(3)4/h(H4,4,5,6);(H4,2,3,4). The lowest BCUT2D eigenvalue weighted by Gasteiger charge is -1.74. The van der Waals surface area contributed by atoms with Crippen molar-refractivity contribution in [2.24, 2.45) is 27.9 Å². The van der Waals surface area contributed by atoms with Gasteiger partial charge in [0.05, 0.1) is 0 Å². The van der Waals surface area contributed by atoms with Crippen LogP contribution in [0.25, 0.3) is 0 Å². The smallest absolute Gasteiger partial charge is 0.209 e. The van der Waals surface area contributed by atoms with E-state index in [0.717, 1.165) is 0 Å². The number of guanidine groups is 1. The molecule has 0 bridgehead atoms. The number of nitrogens with zero attached hydrogens (tertiary/aromatic N) is 2. The second-order valence-corrected chi connectivity index (χ2v) is 1.51. The number of aliphatic imine (C=N–C) groups is 1. The van der Waals surface area contributed by atoms with Crippen LogP contribution in [0.15, 0.2) is 4.99 Å². The Kier molecular flexibility index (Phi) is 8.40. The summed E-state index contributed by atoms with van der Waals surface area (Å²) in [6.45, 7) is 0. The fourth-order valence-corrected chi connectivity index (χ4v) is 0.0577. The van der Waals surface area contributed by atoms with Crippen LogP contribution in [0, 0.1) is 11.5 Å². The van der Waals surface area contributed by atoms with E-state index in [0.29, 0.717) is 0 Å². The minimum Gasteiger partial charge on any atom is -0.377 e. The van der Waals surface area contributed by atoms with Gasteiger partial charge in [0.1, 0.15) is 0 Å². The monoisotopic (exact) mass is 160 g/mol. The number of hydrogen-bond acceptors (Lipinski definition) is 3. The Morgan fingerprint density at radius 1 is 1.30 bits per heavy atom. The minimum atomic E-state index is -0.197. The van der Waals surface area contributed by atoms with Crippen molar-refractivity contribution >= 4 is 23.3 Å². The Morgan fingerprint density at radius 2 is 1.60 bits per heavy atom. The average Bonchev–Trinajstić information content (AvgIpc) is 1.62. The number of nitrogens with two attached hydrogens (primary N) is 4. The summed E-state index contributed by atoms with van der Waals surface area (Å²) in [6, 6.07) is 0. The van der Waals surface area contributed by atoms with Gasteiger partial charge in [-0.05, 0) is 12.2 Å². The molecular weight excluding hydrogens is 152 g/mol. The van der Waals surface area contributed by atoms with Gasteiger partial charge in [-0.3, -0.25) is 0 Å². The van der Waals surface area contributed by atoms with Crippen LogP contribution in [0.1, 0.15) is 0 Å². The molecule has 7 heteroatoms. The first-order valence-electron chi connectivity index (χ1n) is 2.03. The number of nitriles is 1. The fourth-order valence-electron chi connectivity index (χ4n) is 0.0577. The molecular formula is C3H8N6S. The Hall–Kier alpha value is -1.55. The summed E-state index contributed by atoms with van der Waals surface area (Å²) in [7, 11) is 0. The first kappa shape index (κ1) is 11.3. The van der Waals surface area contributed by atoms with Crippen molar-refractivity contribution < 1.29 is 0 Å². The zero-order valence-electron chi connectivity index (χ0n) is 5.11. The molecule has 0 spiro atoms. The topological polar surface area (TPSA) is 140 Å². The summed E-state index contributed by atoms with van der Waals surface area (Å²) < 4.78 is 0.